The van der Waals surface area contributed by atoms with Crippen LogP contribution in [0.5, 0.6) is 0 Å². The number of hydrogen-bond acceptors (Lipinski definition) is 4. The van der Waals surface area contributed by atoms with Gasteiger partial charge in [-0.3, -0.25) is 4.79 Å². The van der Waals surface area contributed by atoms with E-state index in [0.717, 1.165) is 4.88 Å². The average molecular weight is 212 g/mol. The molecule has 0 unspecified atom stereocenters. The fourth-order valence-electron chi connectivity index (χ4n) is 0.824. The van der Waals surface area contributed by atoms with Crippen molar-refractivity contribution >= 4 is 23.1 Å². The second-order valence-corrected chi connectivity index (χ2v) is 3.90. The van der Waals surface area contributed by atoms with E-state index in [4.69, 9.17) is 10.2 Å². The predicted molar refractivity (Wildman–Crippen MR) is 51.7 cm³/mol. The lowest BCUT2D eigenvalue weighted by Gasteiger charge is -1.90. The molecule has 0 aromatic carbocycles. The number of carboxylic acid groups (broad SMARTS) is 1. The first-order valence-electron chi connectivity index (χ1n) is 3.75. The van der Waals surface area contributed by atoms with Gasteiger partial charge in [-0.2, -0.15) is 0 Å². The van der Waals surface area contributed by atoms with E-state index >= 15 is 0 Å². The first kappa shape index (κ1) is 10.5. The van der Waals surface area contributed by atoms with Crippen LogP contribution < -0.4 is 0 Å². The molecule has 5 heteroatoms. The van der Waals surface area contributed by atoms with Crippen LogP contribution in [0.3, 0.4) is 0 Å². The normalized spacial score (nSPS) is 11.4. The molecule has 0 saturated heterocycles. The number of ketones is 1. The monoisotopic (exact) mass is 212 g/mol. The van der Waals surface area contributed by atoms with E-state index in [2.05, 4.69) is 0 Å². The number of carbonyl (C=O) groups excluding carboxylic acids is 1. The highest BCUT2D eigenvalue weighted by Crippen LogP contribution is 2.16. The first-order valence-corrected chi connectivity index (χ1v) is 4.57. The van der Waals surface area contributed by atoms with Crippen LogP contribution >= 0.6 is 11.3 Å². The van der Waals surface area contributed by atoms with Crippen molar-refractivity contribution in [1.29, 1.82) is 0 Å². The van der Waals surface area contributed by atoms with Crippen LogP contribution in [0.4, 0.5) is 0 Å². The second-order valence-electron chi connectivity index (χ2n) is 2.61. The van der Waals surface area contributed by atoms with Gasteiger partial charge >= 0.3 is 5.97 Å². The van der Waals surface area contributed by atoms with Crippen molar-refractivity contribution in [2.24, 2.45) is 0 Å². The molecule has 0 radical (unpaired) electrons. The van der Waals surface area contributed by atoms with Gasteiger partial charge in [0.15, 0.2) is 5.78 Å². The quantitative estimate of drug-likeness (QED) is 0.455. The third kappa shape index (κ3) is 2.43. The maximum Gasteiger partial charge on any atom is 0.371 e. The average Bonchev–Trinajstić information content (AvgIpc) is 2.51. The van der Waals surface area contributed by atoms with Gasteiger partial charge in [-0.25, -0.2) is 4.79 Å². The van der Waals surface area contributed by atoms with Crippen LogP contribution in [0, 0.1) is 6.92 Å². The molecule has 2 N–H and O–H groups in total. The molecule has 0 atom stereocenters. The van der Waals surface area contributed by atoms with Gasteiger partial charge in [-0.1, -0.05) is 0 Å². The van der Waals surface area contributed by atoms with Gasteiger partial charge in [0.25, 0.3) is 0 Å². The summed E-state index contributed by atoms with van der Waals surface area (Å²) in [5.41, 5.74) is 0. The van der Waals surface area contributed by atoms with Crippen LogP contribution in [0.1, 0.15) is 14.5 Å². The third-order valence-electron chi connectivity index (χ3n) is 1.47. The van der Waals surface area contributed by atoms with Crippen LogP contribution in [0.15, 0.2) is 24.0 Å². The molecule has 1 rings (SSSR count). The van der Waals surface area contributed by atoms with Crippen molar-refractivity contribution in [2.45, 2.75) is 6.92 Å². The van der Waals surface area contributed by atoms with Crippen molar-refractivity contribution < 1.29 is 19.8 Å². The molecule has 0 aliphatic heterocycles. The van der Waals surface area contributed by atoms with Crippen molar-refractivity contribution in [1.82, 2.24) is 0 Å². The second kappa shape index (κ2) is 4.06. The molecule has 1 aromatic rings. The van der Waals surface area contributed by atoms with Gasteiger partial charge in [0, 0.05) is 11.0 Å². The summed E-state index contributed by atoms with van der Waals surface area (Å²) in [7, 11) is 0. The minimum Gasteiger partial charge on any atom is -0.502 e. The number of thiophene rings is 1. The Morgan fingerprint density at radius 1 is 1.36 bits per heavy atom. The maximum absolute atomic E-state index is 11.3. The minimum absolute atomic E-state index is 0.412. The minimum atomic E-state index is -1.51. The van der Waals surface area contributed by atoms with Crippen molar-refractivity contribution in [3.05, 3.63) is 33.7 Å². The Balaban J connectivity index is 2.87. The lowest BCUT2D eigenvalue weighted by molar-refractivity contribution is -0.135. The number of aliphatic hydroxyl groups excluding tert-OH is 1. The Morgan fingerprint density at radius 2 is 2.00 bits per heavy atom. The fraction of sp³-hybridized carbons (Fsp3) is 0.111. The molecule has 0 spiro atoms. The number of carbonyl (C=O) groups is 2. The third-order valence-corrected chi connectivity index (χ3v) is 2.49. The van der Waals surface area contributed by atoms with Gasteiger partial charge in [0.2, 0.25) is 5.76 Å². The molecule has 0 aliphatic carbocycles. The van der Waals surface area contributed by atoms with E-state index < -0.39 is 17.5 Å². The van der Waals surface area contributed by atoms with E-state index in [9.17, 15) is 9.59 Å². The molecular weight excluding hydrogens is 204 g/mol. The number of carboxylic acids is 1. The van der Waals surface area contributed by atoms with E-state index in [1.165, 1.54) is 11.3 Å². The smallest absolute Gasteiger partial charge is 0.371 e. The molecule has 1 heterocycles. The van der Waals surface area contributed by atoms with E-state index in [1.807, 2.05) is 6.92 Å². The SMILES string of the molecule is Cc1ccc(C(=O)/C=C(/O)C(=O)O)s1. The summed E-state index contributed by atoms with van der Waals surface area (Å²) in [5, 5.41) is 17.1. The van der Waals surface area contributed by atoms with Gasteiger partial charge in [-0.15, -0.1) is 11.3 Å². The molecule has 4 nitrogen and oxygen atoms in total. The Bertz CT molecular complexity index is 403. The van der Waals surface area contributed by atoms with Crippen molar-refractivity contribution in [3.8, 4) is 0 Å². The molecule has 0 saturated carbocycles. The largest absolute Gasteiger partial charge is 0.502 e. The summed E-state index contributed by atoms with van der Waals surface area (Å²) in [6, 6.07) is 3.34. The van der Waals surface area contributed by atoms with Gasteiger partial charge in [-0.05, 0) is 19.1 Å². The Hall–Kier alpha value is -1.62. The number of aliphatic carboxylic acids is 1. The highest BCUT2D eigenvalue weighted by atomic mass is 32.1. The van der Waals surface area contributed by atoms with Gasteiger partial charge in [0.05, 0.1) is 4.88 Å². The van der Waals surface area contributed by atoms with E-state index in [-0.39, 0.29) is 0 Å². The number of aliphatic hydroxyl groups is 1. The molecule has 0 fully saturated rings. The predicted octanol–water partition coefficient (Wildman–Crippen LogP) is 1.77. The van der Waals surface area contributed by atoms with Crippen LogP contribution in [0.2, 0.25) is 0 Å². The lowest BCUT2D eigenvalue weighted by Crippen LogP contribution is -2.02. The maximum atomic E-state index is 11.3. The summed E-state index contributed by atoms with van der Waals surface area (Å²) in [4.78, 5) is 22.9. The van der Waals surface area contributed by atoms with Gasteiger partial charge in [0.1, 0.15) is 0 Å². The summed E-state index contributed by atoms with van der Waals surface area (Å²) < 4.78 is 0. The zero-order chi connectivity index (χ0) is 10.7. The molecule has 0 aliphatic rings. The fourth-order valence-corrected chi connectivity index (χ4v) is 1.60. The zero-order valence-electron chi connectivity index (χ0n) is 7.35. The highest BCUT2D eigenvalue weighted by Gasteiger charge is 2.10. The molecule has 1 aromatic heterocycles. The summed E-state index contributed by atoms with van der Waals surface area (Å²) >= 11 is 1.25. The number of allylic oxidation sites excluding steroid dienone is 1. The zero-order valence-corrected chi connectivity index (χ0v) is 8.17. The molecule has 74 valence electrons. The summed E-state index contributed by atoms with van der Waals surface area (Å²) in [6.07, 6.45) is 0.702. The molecular formula is C9H8O4S. The van der Waals surface area contributed by atoms with Crippen molar-refractivity contribution in [3.63, 3.8) is 0 Å². The number of aryl methyl sites for hydroxylation is 1. The number of hydrogen-bond donors (Lipinski definition) is 2. The van der Waals surface area contributed by atoms with Crippen LogP contribution in [-0.2, 0) is 4.79 Å². The highest BCUT2D eigenvalue weighted by molar-refractivity contribution is 7.14. The van der Waals surface area contributed by atoms with E-state index in [1.54, 1.807) is 12.1 Å². The number of rotatable bonds is 3. The van der Waals surface area contributed by atoms with Gasteiger partial charge < -0.3 is 10.2 Å². The first-order chi connectivity index (χ1) is 6.50. The van der Waals surface area contributed by atoms with Crippen LogP contribution in [-0.4, -0.2) is 22.0 Å². The Labute approximate surface area is 84.1 Å². The molecule has 0 amide bonds. The lowest BCUT2D eigenvalue weighted by atomic mass is 10.3. The Kier molecular flexibility index (Phi) is 3.03. The van der Waals surface area contributed by atoms with Crippen LogP contribution in [0.25, 0.3) is 0 Å². The van der Waals surface area contributed by atoms with Crippen molar-refractivity contribution in [2.75, 3.05) is 0 Å². The summed E-state index contributed by atoms with van der Waals surface area (Å²) in [6.45, 7) is 1.84. The standard InChI is InChI=1S/C9H8O4S/c1-5-2-3-8(14-5)6(10)4-7(11)9(12)13/h2-4,11H,1H3,(H,12,13)/b7-4+. The summed E-state index contributed by atoms with van der Waals surface area (Å²) in [5.74, 6) is -2.95. The molecule has 14 heavy (non-hydrogen) atoms. The molecule has 0 bridgehead atoms. The Morgan fingerprint density at radius 3 is 2.43 bits per heavy atom. The topological polar surface area (TPSA) is 74.6 Å². The van der Waals surface area contributed by atoms with E-state index in [0.29, 0.717) is 11.0 Å².